The first-order valence-corrected chi connectivity index (χ1v) is 4.83. The zero-order valence-corrected chi connectivity index (χ0v) is 8.93. The molecule has 15 heavy (non-hydrogen) atoms. The number of carbonyl (C=O) groups is 2. The SMILES string of the molecule is CCC(C)[C@H](N)C(=O)N[C@H](CO)C(=O)O. The summed E-state index contributed by atoms with van der Waals surface area (Å²) in [5, 5.41) is 19.4. The normalized spacial score (nSPS) is 16.5. The maximum absolute atomic E-state index is 11.4. The van der Waals surface area contributed by atoms with E-state index in [2.05, 4.69) is 5.32 Å². The number of carboxylic acids is 1. The maximum Gasteiger partial charge on any atom is 0.328 e. The minimum atomic E-state index is -1.28. The number of aliphatic hydroxyl groups is 1. The molecule has 1 amide bonds. The Kier molecular flexibility index (Phi) is 5.88. The van der Waals surface area contributed by atoms with Gasteiger partial charge in [0.05, 0.1) is 12.6 Å². The van der Waals surface area contributed by atoms with Crippen LogP contribution in [0.4, 0.5) is 0 Å². The molecule has 6 heteroatoms. The first-order chi connectivity index (χ1) is 6.93. The molecule has 0 radical (unpaired) electrons. The Hall–Kier alpha value is -1.14. The molecule has 0 aromatic rings. The number of nitrogens with two attached hydrogens (primary N) is 1. The van der Waals surface area contributed by atoms with E-state index in [0.717, 1.165) is 6.42 Å². The van der Waals surface area contributed by atoms with Crippen molar-refractivity contribution in [2.45, 2.75) is 32.4 Å². The number of aliphatic hydroxyl groups excluding tert-OH is 1. The molecule has 5 N–H and O–H groups in total. The lowest BCUT2D eigenvalue weighted by atomic mass is 9.99. The molecule has 0 aliphatic rings. The fraction of sp³-hybridized carbons (Fsp3) is 0.778. The molecule has 0 rings (SSSR count). The number of nitrogens with one attached hydrogen (secondary N) is 1. The van der Waals surface area contributed by atoms with Crippen LogP contribution in [0.2, 0.25) is 0 Å². The largest absolute Gasteiger partial charge is 0.480 e. The molecule has 0 aromatic heterocycles. The minimum Gasteiger partial charge on any atom is -0.480 e. The summed E-state index contributed by atoms with van der Waals surface area (Å²) in [6.07, 6.45) is 0.728. The molecule has 0 saturated heterocycles. The van der Waals surface area contributed by atoms with Crippen LogP contribution < -0.4 is 11.1 Å². The Balaban J connectivity index is 4.28. The summed E-state index contributed by atoms with van der Waals surface area (Å²) in [5.74, 6) is -1.86. The fourth-order valence-corrected chi connectivity index (χ4v) is 0.966. The molecular formula is C9H18N2O4. The summed E-state index contributed by atoms with van der Waals surface area (Å²) >= 11 is 0. The lowest BCUT2D eigenvalue weighted by molar-refractivity contribution is -0.143. The molecule has 3 atom stereocenters. The third-order valence-electron chi connectivity index (χ3n) is 2.36. The van der Waals surface area contributed by atoms with Crippen molar-refractivity contribution in [1.29, 1.82) is 0 Å². The summed E-state index contributed by atoms with van der Waals surface area (Å²) in [4.78, 5) is 21.9. The highest BCUT2D eigenvalue weighted by Gasteiger charge is 2.24. The second-order valence-electron chi connectivity index (χ2n) is 3.49. The van der Waals surface area contributed by atoms with Crippen LogP contribution >= 0.6 is 0 Å². The predicted molar refractivity (Wildman–Crippen MR) is 54.1 cm³/mol. The zero-order valence-electron chi connectivity index (χ0n) is 8.93. The topological polar surface area (TPSA) is 113 Å². The number of hydrogen-bond acceptors (Lipinski definition) is 4. The second kappa shape index (κ2) is 6.36. The molecular weight excluding hydrogens is 200 g/mol. The van der Waals surface area contributed by atoms with Gasteiger partial charge in [0.15, 0.2) is 0 Å². The number of carbonyl (C=O) groups excluding carboxylic acids is 1. The minimum absolute atomic E-state index is 0.0295. The maximum atomic E-state index is 11.4. The van der Waals surface area contributed by atoms with Crippen molar-refractivity contribution in [3.05, 3.63) is 0 Å². The van der Waals surface area contributed by atoms with Crippen molar-refractivity contribution >= 4 is 11.9 Å². The van der Waals surface area contributed by atoms with Crippen LogP contribution in [0.1, 0.15) is 20.3 Å². The Morgan fingerprint density at radius 2 is 2.00 bits per heavy atom. The lowest BCUT2D eigenvalue weighted by Gasteiger charge is -2.20. The summed E-state index contributed by atoms with van der Waals surface area (Å²) in [5.41, 5.74) is 5.59. The smallest absolute Gasteiger partial charge is 0.328 e. The van der Waals surface area contributed by atoms with E-state index in [1.165, 1.54) is 0 Å². The standard InChI is InChI=1S/C9H18N2O4/c1-3-5(2)7(10)8(13)11-6(4-12)9(14)15/h5-7,12H,3-4,10H2,1-2H3,(H,11,13)(H,14,15)/t5?,6-,7+/m1/s1. The van der Waals surface area contributed by atoms with Crippen LogP contribution in [-0.2, 0) is 9.59 Å². The molecule has 0 fully saturated rings. The van der Waals surface area contributed by atoms with Gasteiger partial charge in [-0.15, -0.1) is 0 Å². The lowest BCUT2D eigenvalue weighted by Crippen LogP contribution is -2.51. The highest BCUT2D eigenvalue weighted by atomic mass is 16.4. The van der Waals surface area contributed by atoms with Gasteiger partial charge in [0, 0.05) is 0 Å². The summed E-state index contributed by atoms with van der Waals surface area (Å²) in [6.45, 7) is 3.05. The van der Waals surface area contributed by atoms with Gasteiger partial charge in [0.2, 0.25) is 5.91 Å². The molecule has 0 aliphatic carbocycles. The van der Waals surface area contributed by atoms with Crippen molar-refractivity contribution in [2.75, 3.05) is 6.61 Å². The van der Waals surface area contributed by atoms with Gasteiger partial charge in [-0.2, -0.15) is 0 Å². The third kappa shape index (κ3) is 4.26. The molecule has 0 spiro atoms. The number of aliphatic carboxylic acids is 1. The van der Waals surface area contributed by atoms with Crippen LogP contribution in [0.15, 0.2) is 0 Å². The van der Waals surface area contributed by atoms with Gasteiger partial charge in [-0.3, -0.25) is 4.79 Å². The van der Waals surface area contributed by atoms with Crippen molar-refractivity contribution < 1.29 is 19.8 Å². The Morgan fingerprint density at radius 1 is 1.47 bits per heavy atom. The summed E-state index contributed by atoms with van der Waals surface area (Å²) in [6, 6.07) is -2.03. The molecule has 0 aliphatic heterocycles. The number of rotatable bonds is 6. The Bertz CT molecular complexity index is 232. The number of amides is 1. The van der Waals surface area contributed by atoms with E-state index in [4.69, 9.17) is 15.9 Å². The van der Waals surface area contributed by atoms with Gasteiger partial charge in [-0.25, -0.2) is 4.79 Å². The van der Waals surface area contributed by atoms with Gasteiger partial charge in [0.1, 0.15) is 6.04 Å². The predicted octanol–water partition coefficient (Wildman–Crippen LogP) is -1.08. The average Bonchev–Trinajstić information content (AvgIpc) is 2.22. The Morgan fingerprint density at radius 3 is 2.33 bits per heavy atom. The molecule has 0 bridgehead atoms. The van der Waals surface area contributed by atoms with Crippen LogP contribution in [-0.4, -0.2) is 40.8 Å². The van der Waals surface area contributed by atoms with Crippen molar-refractivity contribution in [3.63, 3.8) is 0 Å². The summed E-state index contributed by atoms with van der Waals surface area (Å²) in [7, 11) is 0. The second-order valence-corrected chi connectivity index (χ2v) is 3.49. The van der Waals surface area contributed by atoms with Crippen LogP contribution in [0.3, 0.4) is 0 Å². The molecule has 0 heterocycles. The zero-order chi connectivity index (χ0) is 12.0. The quantitative estimate of drug-likeness (QED) is 0.453. The molecule has 88 valence electrons. The monoisotopic (exact) mass is 218 g/mol. The molecule has 0 aromatic carbocycles. The van der Waals surface area contributed by atoms with Crippen molar-refractivity contribution in [1.82, 2.24) is 5.32 Å². The summed E-state index contributed by atoms with van der Waals surface area (Å²) < 4.78 is 0. The van der Waals surface area contributed by atoms with Gasteiger partial charge in [-0.1, -0.05) is 20.3 Å². The van der Waals surface area contributed by atoms with Crippen LogP contribution in [0.25, 0.3) is 0 Å². The highest BCUT2D eigenvalue weighted by molar-refractivity contribution is 5.87. The van der Waals surface area contributed by atoms with E-state index in [9.17, 15) is 9.59 Å². The van der Waals surface area contributed by atoms with Gasteiger partial charge >= 0.3 is 5.97 Å². The van der Waals surface area contributed by atoms with Crippen molar-refractivity contribution in [3.8, 4) is 0 Å². The average molecular weight is 218 g/mol. The molecule has 0 saturated carbocycles. The molecule has 6 nitrogen and oxygen atoms in total. The van der Waals surface area contributed by atoms with Crippen molar-refractivity contribution in [2.24, 2.45) is 11.7 Å². The first kappa shape index (κ1) is 13.9. The van der Waals surface area contributed by atoms with Crippen LogP contribution in [0.5, 0.6) is 0 Å². The number of hydrogen-bond donors (Lipinski definition) is 4. The fourth-order valence-electron chi connectivity index (χ4n) is 0.966. The van der Waals surface area contributed by atoms with Crippen LogP contribution in [0, 0.1) is 5.92 Å². The van der Waals surface area contributed by atoms with E-state index in [1.807, 2.05) is 6.92 Å². The van der Waals surface area contributed by atoms with E-state index >= 15 is 0 Å². The van der Waals surface area contributed by atoms with Gasteiger partial charge in [0.25, 0.3) is 0 Å². The van der Waals surface area contributed by atoms with Gasteiger partial charge < -0.3 is 21.3 Å². The number of carboxylic acid groups (broad SMARTS) is 1. The van der Waals surface area contributed by atoms with E-state index in [0.29, 0.717) is 0 Å². The molecule has 1 unspecified atom stereocenters. The Labute approximate surface area is 88.5 Å². The third-order valence-corrected chi connectivity index (χ3v) is 2.36. The first-order valence-electron chi connectivity index (χ1n) is 4.83. The highest BCUT2D eigenvalue weighted by Crippen LogP contribution is 2.05. The van der Waals surface area contributed by atoms with E-state index in [-0.39, 0.29) is 5.92 Å². The van der Waals surface area contributed by atoms with E-state index in [1.54, 1.807) is 6.92 Å². The van der Waals surface area contributed by atoms with Gasteiger partial charge in [-0.05, 0) is 5.92 Å². The van der Waals surface area contributed by atoms with E-state index < -0.39 is 30.6 Å².